The van der Waals surface area contributed by atoms with Crippen LogP contribution in [0.25, 0.3) is 20.8 Å². The topological polar surface area (TPSA) is 42.0 Å². The van der Waals surface area contributed by atoms with E-state index in [0.717, 1.165) is 34.3 Å². The first-order valence-electron chi connectivity index (χ1n) is 8.43. The summed E-state index contributed by atoms with van der Waals surface area (Å²) < 4.78 is 1.20. The van der Waals surface area contributed by atoms with E-state index in [1.54, 1.807) is 29.6 Å². The van der Waals surface area contributed by atoms with E-state index in [-0.39, 0.29) is 5.91 Å². The zero-order valence-electron chi connectivity index (χ0n) is 13.9. The molecule has 4 rings (SSSR count). The van der Waals surface area contributed by atoms with Crippen molar-refractivity contribution in [3.05, 3.63) is 34.7 Å². The summed E-state index contributed by atoms with van der Waals surface area (Å²) in [6.45, 7) is 3.85. The number of amides is 1. The minimum absolute atomic E-state index is 0.0111. The van der Waals surface area contributed by atoms with Crippen molar-refractivity contribution < 1.29 is 4.79 Å². The number of nitrogens with zero attached hydrogens (tertiary/aromatic N) is 1. The van der Waals surface area contributed by atoms with Gasteiger partial charge in [-0.2, -0.15) is 0 Å². The van der Waals surface area contributed by atoms with Crippen LogP contribution in [0.15, 0.2) is 24.3 Å². The molecule has 1 N–H and O–H groups in total. The number of para-hydroxylation sites is 1. The van der Waals surface area contributed by atoms with Gasteiger partial charge in [0.2, 0.25) is 5.91 Å². The predicted molar refractivity (Wildman–Crippen MR) is 103 cm³/mol. The highest BCUT2D eigenvalue weighted by Gasteiger charge is 2.27. The van der Waals surface area contributed by atoms with Crippen LogP contribution < -0.4 is 5.32 Å². The first-order chi connectivity index (χ1) is 11.7. The molecule has 2 aromatic heterocycles. The molecular formula is C19H20N2OS2. The number of thiophene rings is 1. The van der Waals surface area contributed by atoms with Crippen molar-refractivity contribution in [3.8, 4) is 10.6 Å². The van der Waals surface area contributed by atoms with Crippen LogP contribution in [0.3, 0.4) is 0 Å². The summed E-state index contributed by atoms with van der Waals surface area (Å²) >= 11 is 3.47. The number of rotatable bonds is 3. The summed E-state index contributed by atoms with van der Waals surface area (Å²) in [6, 6.07) is 8.24. The average Bonchev–Trinajstić information content (AvgIpc) is 3.13. The number of aromatic nitrogens is 1. The molecule has 1 amide bonds. The molecule has 24 heavy (non-hydrogen) atoms. The third kappa shape index (κ3) is 2.76. The molecule has 0 aliphatic heterocycles. The predicted octanol–water partition coefficient (Wildman–Crippen LogP) is 5.50. The molecule has 0 bridgehead atoms. The van der Waals surface area contributed by atoms with E-state index in [9.17, 15) is 4.79 Å². The molecule has 0 saturated carbocycles. The summed E-state index contributed by atoms with van der Waals surface area (Å²) in [4.78, 5) is 18.0. The van der Waals surface area contributed by atoms with Crippen LogP contribution in [-0.2, 0) is 17.6 Å². The Morgan fingerprint density at radius 1 is 1.33 bits per heavy atom. The molecule has 0 saturated heterocycles. The van der Waals surface area contributed by atoms with Crippen molar-refractivity contribution >= 4 is 43.8 Å². The Morgan fingerprint density at radius 3 is 2.92 bits per heavy atom. The molecule has 0 fully saturated rings. The second-order valence-corrected chi connectivity index (χ2v) is 8.53. The highest BCUT2D eigenvalue weighted by Crippen LogP contribution is 2.47. The normalized spacial score (nSPS) is 17.0. The van der Waals surface area contributed by atoms with E-state index in [1.165, 1.54) is 33.5 Å². The lowest BCUT2D eigenvalue weighted by Crippen LogP contribution is -2.11. The number of fused-ring (bicyclic) bond motifs is 2. The molecule has 0 spiro atoms. The number of benzene rings is 1. The lowest BCUT2D eigenvalue weighted by atomic mass is 9.86. The molecule has 1 aliphatic rings. The van der Waals surface area contributed by atoms with Crippen molar-refractivity contribution in [2.75, 3.05) is 5.32 Å². The van der Waals surface area contributed by atoms with Gasteiger partial charge in [0, 0.05) is 17.4 Å². The summed E-state index contributed by atoms with van der Waals surface area (Å²) in [6.07, 6.45) is 4.68. The Hall–Kier alpha value is -1.72. The van der Waals surface area contributed by atoms with Crippen molar-refractivity contribution in [1.29, 1.82) is 0 Å². The SMILES string of the molecule is CCC1CCc2c(sc(NC(C)=O)c2-c2nc3ccccc3s2)C1. The lowest BCUT2D eigenvalue weighted by Gasteiger charge is -2.21. The van der Waals surface area contributed by atoms with Crippen molar-refractivity contribution in [3.63, 3.8) is 0 Å². The summed E-state index contributed by atoms with van der Waals surface area (Å²) in [5.41, 5.74) is 3.61. The largest absolute Gasteiger partial charge is 0.317 e. The van der Waals surface area contributed by atoms with Gasteiger partial charge in [-0.1, -0.05) is 25.5 Å². The molecule has 0 radical (unpaired) electrons. The van der Waals surface area contributed by atoms with Crippen LogP contribution in [0.5, 0.6) is 0 Å². The van der Waals surface area contributed by atoms with Crippen LogP contribution in [-0.4, -0.2) is 10.9 Å². The Balaban J connectivity index is 1.86. The zero-order chi connectivity index (χ0) is 16.7. The van der Waals surface area contributed by atoms with Gasteiger partial charge < -0.3 is 5.32 Å². The maximum absolute atomic E-state index is 11.7. The van der Waals surface area contributed by atoms with Gasteiger partial charge in [-0.15, -0.1) is 22.7 Å². The number of nitrogens with one attached hydrogen (secondary N) is 1. The van der Waals surface area contributed by atoms with Crippen LogP contribution in [0.2, 0.25) is 0 Å². The monoisotopic (exact) mass is 356 g/mol. The molecule has 2 heterocycles. The fourth-order valence-corrected chi connectivity index (χ4v) is 5.97. The minimum atomic E-state index is -0.0111. The third-order valence-corrected chi connectivity index (χ3v) is 6.97. The fraction of sp³-hybridized carbons (Fsp3) is 0.368. The quantitative estimate of drug-likeness (QED) is 0.673. The molecule has 1 unspecified atom stereocenters. The fourth-order valence-electron chi connectivity index (χ4n) is 3.46. The molecule has 3 aromatic rings. The van der Waals surface area contributed by atoms with Crippen molar-refractivity contribution in [2.24, 2.45) is 5.92 Å². The zero-order valence-corrected chi connectivity index (χ0v) is 15.5. The first kappa shape index (κ1) is 15.8. The van der Waals surface area contributed by atoms with Gasteiger partial charge in [-0.3, -0.25) is 4.79 Å². The number of hydrogen-bond acceptors (Lipinski definition) is 4. The maximum Gasteiger partial charge on any atom is 0.221 e. The van der Waals surface area contributed by atoms with Crippen LogP contribution in [0.4, 0.5) is 5.00 Å². The van der Waals surface area contributed by atoms with Gasteiger partial charge in [-0.25, -0.2) is 4.98 Å². The molecule has 1 aliphatic carbocycles. The van der Waals surface area contributed by atoms with Gasteiger partial charge >= 0.3 is 0 Å². The molecule has 124 valence electrons. The van der Waals surface area contributed by atoms with E-state index in [0.29, 0.717) is 0 Å². The number of anilines is 1. The van der Waals surface area contributed by atoms with E-state index >= 15 is 0 Å². The Morgan fingerprint density at radius 2 is 2.17 bits per heavy atom. The molecule has 3 nitrogen and oxygen atoms in total. The van der Waals surface area contributed by atoms with Gasteiger partial charge in [0.1, 0.15) is 10.0 Å². The second-order valence-electron chi connectivity index (χ2n) is 6.39. The average molecular weight is 357 g/mol. The van der Waals surface area contributed by atoms with Crippen LogP contribution >= 0.6 is 22.7 Å². The summed E-state index contributed by atoms with van der Waals surface area (Å²) in [7, 11) is 0. The number of hydrogen-bond donors (Lipinski definition) is 1. The minimum Gasteiger partial charge on any atom is -0.317 e. The van der Waals surface area contributed by atoms with Crippen LogP contribution in [0, 0.1) is 5.92 Å². The molecular weight excluding hydrogens is 336 g/mol. The first-order valence-corrected chi connectivity index (χ1v) is 10.1. The van der Waals surface area contributed by atoms with Gasteiger partial charge in [-0.05, 0) is 42.9 Å². The van der Waals surface area contributed by atoms with Gasteiger partial charge in [0.15, 0.2) is 0 Å². The van der Waals surface area contributed by atoms with E-state index in [2.05, 4.69) is 24.4 Å². The lowest BCUT2D eigenvalue weighted by molar-refractivity contribution is -0.114. The molecule has 1 atom stereocenters. The number of thiazole rings is 1. The number of carbonyl (C=O) groups excluding carboxylic acids is 1. The van der Waals surface area contributed by atoms with Crippen molar-refractivity contribution in [1.82, 2.24) is 4.98 Å². The Kier molecular flexibility index (Phi) is 4.14. The van der Waals surface area contributed by atoms with E-state index < -0.39 is 0 Å². The van der Waals surface area contributed by atoms with Gasteiger partial charge in [0.05, 0.1) is 10.2 Å². The third-order valence-electron chi connectivity index (χ3n) is 4.74. The summed E-state index contributed by atoms with van der Waals surface area (Å²) in [5, 5.41) is 5.06. The Labute approximate surface area is 149 Å². The van der Waals surface area contributed by atoms with E-state index in [1.807, 2.05) is 12.1 Å². The Bertz CT molecular complexity index is 876. The highest BCUT2D eigenvalue weighted by molar-refractivity contribution is 7.22. The van der Waals surface area contributed by atoms with E-state index in [4.69, 9.17) is 4.98 Å². The smallest absolute Gasteiger partial charge is 0.221 e. The van der Waals surface area contributed by atoms with Crippen LogP contribution in [0.1, 0.15) is 37.1 Å². The summed E-state index contributed by atoms with van der Waals surface area (Å²) in [5.74, 6) is 0.757. The second kappa shape index (κ2) is 6.30. The molecule has 5 heteroatoms. The van der Waals surface area contributed by atoms with Gasteiger partial charge in [0.25, 0.3) is 0 Å². The standard InChI is InChI=1S/C19H20N2OS2/c1-3-12-8-9-13-16(10-12)24-18(20-11(2)22)17(13)19-21-14-6-4-5-7-15(14)23-19/h4-7,12H,3,8-10H2,1-2H3,(H,20,22). The molecule has 1 aromatic carbocycles. The van der Waals surface area contributed by atoms with Crippen molar-refractivity contribution in [2.45, 2.75) is 39.5 Å². The number of carbonyl (C=O) groups is 1. The maximum atomic E-state index is 11.7. The highest BCUT2D eigenvalue weighted by atomic mass is 32.1.